The maximum Gasteiger partial charge on any atom is 0.438 e. The number of methoxy groups -OCH3 is 1. The fourth-order valence-corrected chi connectivity index (χ4v) is 2.62. The first-order valence-electron chi connectivity index (χ1n) is 6.95. The molecule has 1 amide bonds. The average molecular weight is 380 g/mol. The number of alkyl halides is 1. The molecule has 0 aliphatic rings. The fourth-order valence-electron chi connectivity index (χ4n) is 2.02. The largest absolute Gasteiger partial charge is 0.474 e. The molecule has 2 aromatic carbocycles. The Labute approximate surface area is 143 Å². The predicted octanol–water partition coefficient (Wildman–Crippen LogP) is 4.60. The number of ether oxygens (including phenoxy) is 2. The normalized spacial score (nSPS) is 11.7. The highest BCUT2D eigenvalue weighted by Crippen LogP contribution is 2.34. The number of anilines is 1. The minimum Gasteiger partial charge on any atom is -0.474 e. The van der Waals surface area contributed by atoms with Gasteiger partial charge in [0.25, 0.3) is 0 Å². The van der Waals surface area contributed by atoms with Gasteiger partial charge in [-0.05, 0) is 41.1 Å². The third-order valence-electron chi connectivity index (χ3n) is 3.18. The molecule has 0 aliphatic carbocycles. The number of hydrogen-bond acceptors (Lipinski definition) is 4. The minimum absolute atomic E-state index is 0.455. The summed E-state index contributed by atoms with van der Waals surface area (Å²) in [6.07, 6.45) is -0.616. The van der Waals surface area contributed by atoms with Crippen LogP contribution in [-0.2, 0) is 9.57 Å². The van der Waals surface area contributed by atoms with Crippen LogP contribution in [0.2, 0.25) is 0 Å². The van der Waals surface area contributed by atoms with Crippen molar-refractivity contribution in [2.75, 3.05) is 19.3 Å². The number of amides is 1. The number of rotatable bonds is 5. The minimum atomic E-state index is -0.616. The van der Waals surface area contributed by atoms with Crippen LogP contribution in [0.25, 0.3) is 0 Å². The van der Waals surface area contributed by atoms with Crippen LogP contribution in [-0.4, -0.2) is 20.3 Å². The Morgan fingerprint density at radius 3 is 2.35 bits per heavy atom. The van der Waals surface area contributed by atoms with Crippen LogP contribution < -0.4 is 9.80 Å². The molecule has 0 saturated carbocycles. The second-order valence-electron chi connectivity index (χ2n) is 4.75. The first-order valence-corrected chi connectivity index (χ1v) is 7.87. The van der Waals surface area contributed by atoms with Gasteiger partial charge in [0, 0.05) is 5.56 Å². The lowest BCUT2D eigenvalue weighted by atomic mass is 10.2. The summed E-state index contributed by atoms with van der Waals surface area (Å²) >= 11 is 3.50. The zero-order valence-electron chi connectivity index (χ0n) is 13.2. The van der Waals surface area contributed by atoms with Crippen LogP contribution in [0.4, 0.5) is 10.5 Å². The van der Waals surface area contributed by atoms with Gasteiger partial charge in [-0.25, -0.2) is 4.79 Å². The summed E-state index contributed by atoms with van der Waals surface area (Å²) in [4.78, 5) is 17.0. The average Bonchev–Trinajstić information content (AvgIpc) is 2.57. The number of nitrogens with zero attached hydrogens (tertiary/aromatic N) is 1. The third kappa shape index (κ3) is 4.24. The molecule has 0 radical (unpaired) electrons. The van der Waals surface area contributed by atoms with E-state index in [1.165, 1.54) is 14.2 Å². The van der Waals surface area contributed by atoms with E-state index in [9.17, 15) is 4.79 Å². The van der Waals surface area contributed by atoms with Crippen LogP contribution in [0.1, 0.15) is 16.1 Å². The lowest BCUT2D eigenvalue weighted by molar-refractivity contribution is 0.115. The van der Waals surface area contributed by atoms with E-state index in [0.717, 1.165) is 16.2 Å². The monoisotopic (exact) mass is 379 g/mol. The maximum absolute atomic E-state index is 11.8. The molecule has 6 heteroatoms. The Morgan fingerprint density at radius 2 is 1.74 bits per heavy atom. The molecule has 5 nitrogen and oxygen atoms in total. The summed E-state index contributed by atoms with van der Waals surface area (Å²) in [6, 6.07) is 15.0. The Bertz CT molecular complexity index is 660. The van der Waals surface area contributed by atoms with Crippen molar-refractivity contribution in [3.05, 3.63) is 59.7 Å². The van der Waals surface area contributed by atoms with E-state index in [0.29, 0.717) is 11.4 Å². The summed E-state index contributed by atoms with van der Waals surface area (Å²) in [5, 5.41) is 0.617. The highest BCUT2D eigenvalue weighted by atomic mass is 79.9. The molecule has 0 bridgehead atoms. The molecule has 122 valence electrons. The van der Waals surface area contributed by atoms with Gasteiger partial charge in [-0.3, -0.25) is 4.84 Å². The van der Waals surface area contributed by atoms with Gasteiger partial charge in [-0.15, -0.1) is 0 Å². The van der Waals surface area contributed by atoms with Crippen molar-refractivity contribution < 1.29 is 19.1 Å². The second kappa shape index (κ2) is 7.99. The number of carbonyl (C=O) groups is 1. The quantitative estimate of drug-likeness (QED) is 0.562. The first kappa shape index (κ1) is 17.3. The molecular formula is C17H18BrNO4. The number of aryl methyl sites for hydroxylation is 1. The van der Waals surface area contributed by atoms with Gasteiger partial charge in [0.2, 0.25) is 0 Å². The fraction of sp³-hybridized carbons (Fsp3) is 0.235. The maximum atomic E-state index is 11.8. The summed E-state index contributed by atoms with van der Waals surface area (Å²) in [5.74, 6) is 0.717. The lowest BCUT2D eigenvalue weighted by Gasteiger charge is -2.23. The molecule has 23 heavy (non-hydrogen) atoms. The van der Waals surface area contributed by atoms with Crippen molar-refractivity contribution in [1.29, 1.82) is 0 Å². The lowest BCUT2D eigenvalue weighted by Crippen LogP contribution is -2.30. The smallest absolute Gasteiger partial charge is 0.438 e. The van der Waals surface area contributed by atoms with E-state index in [-0.39, 0.29) is 0 Å². The van der Waals surface area contributed by atoms with E-state index in [1.54, 1.807) is 12.1 Å². The van der Waals surface area contributed by atoms with Crippen molar-refractivity contribution in [2.45, 2.75) is 11.9 Å². The van der Waals surface area contributed by atoms with Crippen molar-refractivity contribution in [2.24, 2.45) is 0 Å². The highest BCUT2D eigenvalue weighted by molar-refractivity contribution is 9.09. The summed E-state index contributed by atoms with van der Waals surface area (Å²) < 4.78 is 10.6. The summed E-state index contributed by atoms with van der Waals surface area (Å²) in [6.45, 7) is 2.01. The van der Waals surface area contributed by atoms with Crippen LogP contribution in [0.5, 0.6) is 5.75 Å². The number of hydrogen-bond donors (Lipinski definition) is 0. The van der Waals surface area contributed by atoms with Crippen molar-refractivity contribution in [3.63, 3.8) is 0 Å². The number of para-hydroxylation sites is 1. The Morgan fingerprint density at radius 1 is 1.09 bits per heavy atom. The molecule has 2 aromatic rings. The van der Waals surface area contributed by atoms with E-state index < -0.39 is 11.1 Å². The summed E-state index contributed by atoms with van der Waals surface area (Å²) in [5.41, 5.74) is 2.43. The molecule has 1 atom stereocenters. The van der Waals surface area contributed by atoms with E-state index in [1.807, 2.05) is 43.3 Å². The molecule has 0 heterocycles. The molecule has 0 N–H and O–H groups in total. The van der Waals surface area contributed by atoms with E-state index in [4.69, 9.17) is 14.3 Å². The Balaban J connectivity index is 2.28. The Kier molecular flexibility index (Phi) is 6.01. The molecule has 2 rings (SSSR count). The second-order valence-corrected chi connectivity index (χ2v) is 5.58. The van der Waals surface area contributed by atoms with E-state index >= 15 is 0 Å². The van der Waals surface area contributed by atoms with Crippen molar-refractivity contribution in [1.82, 2.24) is 0 Å². The third-order valence-corrected chi connectivity index (χ3v) is 3.86. The molecule has 0 fully saturated rings. The topological polar surface area (TPSA) is 48.0 Å². The van der Waals surface area contributed by atoms with Gasteiger partial charge in [-0.1, -0.05) is 35.9 Å². The van der Waals surface area contributed by atoms with Crippen molar-refractivity contribution >= 4 is 27.7 Å². The SMILES string of the molecule is COC(=O)N(OC)c1ccccc1C(Br)Oc1ccc(C)cc1. The van der Waals surface area contributed by atoms with Crippen LogP contribution in [0.3, 0.4) is 0 Å². The van der Waals surface area contributed by atoms with Crippen LogP contribution in [0.15, 0.2) is 48.5 Å². The molecular weight excluding hydrogens is 362 g/mol. The van der Waals surface area contributed by atoms with Gasteiger partial charge in [-0.2, -0.15) is 5.06 Å². The van der Waals surface area contributed by atoms with E-state index in [2.05, 4.69) is 15.9 Å². The number of halogens is 1. The number of benzene rings is 2. The molecule has 0 aromatic heterocycles. The first-order chi connectivity index (χ1) is 11.1. The standard InChI is InChI=1S/C17H18BrNO4/c1-12-8-10-13(11-9-12)23-16(18)14-6-4-5-7-15(14)19(22-3)17(20)21-2/h4-11,16H,1-3H3. The van der Waals surface area contributed by atoms with Crippen LogP contribution >= 0.6 is 15.9 Å². The van der Waals surface area contributed by atoms with Gasteiger partial charge in [0.05, 0.1) is 19.9 Å². The van der Waals surface area contributed by atoms with Gasteiger partial charge in [0.1, 0.15) is 5.75 Å². The van der Waals surface area contributed by atoms with Gasteiger partial charge < -0.3 is 9.47 Å². The highest BCUT2D eigenvalue weighted by Gasteiger charge is 2.23. The van der Waals surface area contributed by atoms with Crippen molar-refractivity contribution in [3.8, 4) is 5.75 Å². The molecule has 1 unspecified atom stereocenters. The van der Waals surface area contributed by atoms with Gasteiger partial charge in [0.15, 0.2) is 5.01 Å². The molecule has 0 saturated heterocycles. The van der Waals surface area contributed by atoms with Gasteiger partial charge >= 0.3 is 6.09 Å². The zero-order valence-corrected chi connectivity index (χ0v) is 14.7. The number of hydroxylamine groups is 1. The summed E-state index contributed by atoms with van der Waals surface area (Å²) in [7, 11) is 2.70. The zero-order chi connectivity index (χ0) is 16.8. The van der Waals surface area contributed by atoms with Crippen LogP contribution in [0, 0.1) is 6.92 Å². The molecule has 0 aliphatic heterocycles. The number of carbonyl (C=O) groups excluding carboxylic acids is 1. The predicted molar refractivity (Wildman–Crippen MR) is 91.8 cm³/mol. The Hall–Kier alpha value is -2.05. The molecule has 0 spiro atoms.